The molecule has 1 N–H and O–H groups in total. The Hall–Kier alpha value is -2.43. The average molecular weight is 443 g/mol. The van der Waals surface area contributed by atoms with E-state index in [0.717, 1.165) is 10.0 Å². The minimum Gasteiger partial charge on any atom is -0.324 e. The van der Waals surface area contributed by atoms with Crippen LogP contribution in [0.4, 0.5) is 5.69 Å². The molecule has 0 spiro atoms. The van der Waals surface area contributed by atoms with Crippen molar-refractivity contribution in [3.8, 4) is 0 Å². The number of carbonyl (C=O) groups is 2. The molecule has 0 unspecified atom stereocenters. The van der Waals surface area contributed by atoms with E-state index in [9.17, 15) is 9.59 Å². The predicted molar refractivity (Wildman–Crippen MR) is 113 cm³/mol. The van der Waals surface area contributed by atoms with Gasteiger partial charge in [-0.25, -0.2) is 0 Å². The van der Waals surface area contributed by atoms with E-state index in [1.54, 1.807) is 49.4 Å². The van der Waals surface area contributed by atoms with Crippen LogP contribution in [0.1, 0.15) is 34.3 Å². The third kappa shape index (κ3) is 4.65. The van der Waals surface area contributed by atoms with E-state index >= 15 is 0 Å². The molecule has 0 aliphatic heterocycles. The van der Waals surface area contributed by atoms with Crippen molar-refractivity contribution in [3.63, 3.8) is 0 Å². The number of amides is 1. The summed E-state index contributed by atoms with van der Waals surface area (Å²) in [6, 6.07) is 21.5. The lowest BCUT2D eigenvalue weighted by molar-refractivity contribution is -0.117. The van der Waals surface area contributed by atoms with E-state index in [1.807, 2.05) is 30.3 Å². The monoisotopic (exact) mass is 441 g/mol. The van der Waals surface area contributed by atoms with E-state index in [0.29, 0.717) is 21.8 Å². The number of rotatable bonds is 5. The van der Waals surface area contributed by atoms with Gasteiger partial charge in [0.25, 0.3) is 0 Å². The Morgan fingerprint density at radius 3 is 2.33 bits per heavy atom. The molecule has 3 nitrogen and oxygen atoms in total. The van der Waals surface area contributed by atoms with Crippen LogP contribution < -0.4 is 5.32 Å². The van der Waals surface area contributed by atoms with Gasteiger partial charge in [0.1, 0.15) is 0 Å². The van der Waals surface area contributed by atoms with Crippen LogP contribution in [0.2, 0.25) is 5.02 Å². The van der Waals surface area contributed by atoms with Gasteiger partial charge in [0, 0.05) is 15.6 Å². The molecule has 0 heterocycles. The lowest BCUT2D eigenvalue weighted by atomic mass is 9.95. The molecule has 1 atom stereocenters. The van der Waals surface area contributed by atoms with Gasteiger partial charge in [0.05, 0.1) is 16.6 Å². The number of anilines is 1. The van der Waals surface area contributed by atoms with Crippen LogP contribution in [0.15, 0.2) is 77.3 Å². The Morgan fingerprint density at radius 1 is 0.926 bits per heavy atom. The molecule has 0 saturated carbocycles. The zero-order valence-corrected chi connectivity index (χ0v) is 16.9. The molecule has 1 amide bonds. The number of nitrogens with one attached hydrogen (secondary N) is 1. The minimum atomic E-state index is -0.437. The summed E-state index contributed by atoms with van der Waals surface area (Å²) in [6.07, 6.45) is 0. The first-order chi connectivity index (χ1) is 13.0. The topological polar surface area (TPSA) is 46.2 Å². The summed E-state index contributed by atoms with van der Waals surface area (Å²) in [6.45, 7) is 1.80. The maximum atomic E-state index is 12.6. The van der Waals surface area contributed by atoms with Gasteiger partial charge in [0.2, 0.25) is 5.91 Å². The van der Waals surface area contributed by atoms with E-state index in [-0.39, 0.29) is 11.7 Å². The molecule has 0 aromatic heterocycles. The summed E-state index contributed by atoms with van der Waals surface area (Å²) in [5.41, 5.74) is 2.49. The fourth-order valence-electron chi connectivity index (χ4n) is 2.69. The second-order valence-corrected chi connectivity index (χ2v) is 7.48. The number of ketones is 1. The maximum Gasteiger partial charge on any atom is 0.231 e. The van der Waals surface area contributed by atoms with Crippen molar-refractivity contribution in [2.75, 3.05) is 5.32 Å². The van der Waals surface area contributed by atoms with E-state index in [1.165, 1.54) is 0 Å². The van der Waals surface area contributed by atoms with Gasteiger partial charge >= 0.3 is 0 Å². The predicted octanol–water partition coefficient (Wildman–Crippen LogP) is 6.08. The fourth-order valence-corrected chi connectivity index (χ4v) is 3.41. The van der Waals surface area contributed by atoms with Crippen molar-refractivity contribution >= 4 is 44.9 Å². The molecule has 5 heteroatoms. The normalized spacial score (nSPS) is 11.7. The second-order valence-electron chi connectivity index (χ2n) is 6.16. The molecule has 3 rings (SSSR count). The summed E-state index contributed by atoms with van der Waals surface area (Å²) < 4.78 is 0.839. The first-order valence-corrected chi connectivity index (χ1v) is 9.58. The molecular weight excluding hydrogens is 426 g/mol. The number of benzene rings is 3. The van der Waals surface area contributed by atoms with Crippen LogP contribution in [-0.2, 0) is 4.79 Å². The zero-order valence-electron chi connectivity index (χ0n) is 14.6. The molecule has 0 aliphatic rings. The number of halogens is 2. The van der Waals surface area contributed by atoms with E-state index < -0.39 is 5.92 Å². The number of hydrogen-bond acceptors (Lipinski definition) is 2. The highest BCUT2D eigenvalue weighted by molar-refractivity contribution is 9.10. The smallest absolute Gasteiger partial charge is 0.231 e. The molecule has 27 heavy (non-hydrogen) atoms. The fraction of sp³-hybridized carbons (Fsp3) is 0.0909. The Balaban J connectivity index is 1.79. The van der Waals surface area contributed by atoms with E-state index in [2.05, 4.69) is 21.2 Å². The highest BCUT2D eigenvalue weighted by Gasteiger charge is 2.18. The van der Waals surface area contributed by atoms with Crippen LogP contribution >= 0.6 is 27.5 Å². The van der Waals surface area contributed by atoms with Gasteiger partial charge < -0.3 is 5.32 Å². The summed E-state index contributed by atoms with van der Waals surface area (Å²) >= 11 is 9.51. The standard InChI is InChI=1S/C22H17BrClNO2/c1-14(22(27)25-20-11-10-18(23)13-19(20)24)16-8-5-9-17(12-16)21(26)15-6-3-2-4-7-15/h2-14H,1H3,(H,25,27)/t14-/m0/s1. The van der Waals surface area contributed by atoms with Crippen LogP contribution in [0.5, 0.6) is 0 Å². The average Bonchev–Trinajstić information content (AvgIpc) is 2.69. The quantitative estimate of drug-likeness (QED) is 0.487. The van der Waals surface area contributed by atoms with Crippen molar-refractivity contribution in [3.05, 3.63) is 99.0 Å². The maximum absolute atomic E-state index is 12.6. The van der Waals surface area contributed by atoms with Crippen LogP contribution in [0.25, 0.3) is 0 Å². The summed E-state index contributed by atoms with van der Waals surface area (Å²) in [5.74, 6) is -0.696. The van der Waals surface area contributed by atoms with Gasteiger partial charge in [0.15, 0.2) is 5.78 Å². The summed E-state index contributed by atoms with van der Waals surface area (Å²) in [5, 5.41) is 3.30. The van der Waals surface area contributed by atoms with Crippen molar-refractivity contribution < 1.29 is 9.59 Å². The Kier molecular flexibility index (Phi) is 6.09. The van der Waals surface area contributed by atoms with Crippen LogP contribution in [-0.4, -0.2) is 11.7 Å². The molecule has 0 aliphatic carbocycles. The molecule has 136 valence electrons. The molecule has 0 radical (unpaired) electrons. The van der Waals surface area contributed by atoms with Gasteiger partial charge in [-0.1, -0.05) is 76.1 Å². The van der Waals surface area contributed by atoms with E-state index in [4.69, 9.17) is 11.6 Å². The van der Waals surface area contributed by atoms with Crippen LogP contribution in [0, 0.1) is 0 Å². The van der Waals surface area contributed by atoms with Gasteiger partial charge in [-0.05, 0) is 36.8 Å². The second kappa shape index (κ2) is 8.51. The molecule has 3 aromatic rings. The van der Waals surface area contributed by atoms with Gasteiger partial charge in [-0.2, -0.15) is 0 Å². The van der Waals surface area contributed by atoms with Crippen molar-refractivity contribution in [1.82, 2.24) is 0 Å². The SMILES string of the molecule is C[C@H](C(=O)Nc1ccc(Br)cc1Cl)c1cccc(C(=O)c2ccccc2)c1. The number of hydrogen-bond donors (Lipinski definition) is 1. The molecular formula is C22H17BrClNO2. The Morgan fingerprint density at radius 2 is 1.63 bits per heavy atom. The Bertz CT molecular complexity index is 989. The molecule has 0 fully saturated rings. The lowest BCUT2D eigenvalue weighted by Crippen LogP contribution is -2.19. The lowest BCUT2D eigenvalue weighted by Gasteiger charge is -2.14. The van der Waals surface area contributed by atoms with Crippen molar-refractivity contribution in [1.29, 1.82) is 0 Å². The van der Waals surface area contributed by atoms with Gasteiger partial charge in [-0.3, -0.25) is 9.59 Å². The zero-order chi connectivity index (χ0) is 19.4. The van der Waals surface area contributed by atoms with Crippen molar-refractivity contribution in [2.24, 2.45) is 0 Å². The Labute approximate surface area is 171 Å². The van der Waals surface area contributed by atoms with Gasteiger partial charge in [-0.15, -0.1) is 0 Å². The summed E-state index contributed by atoms with van der Waals surface area (Å²) in [7, 11) is 0. The highest BCUT2D eigenvalue weighted by Crippen LogP contribution is 2.27. The first-order valence-electron chi connectivity index (χ1n) is 8.41. The first kappa shape index (κ1) is 19.3. The minimum absolute atomic E-state index is 0.0685. The third-order valence-electron chi connectivity index (χ3n) is 4.27. The van der Waals surface area contributed by atoms with Crippen LogP contribution in [0.3, 0.4) is 0 Å². The third-order valence-corrected chi connectivity index (χ3v) is 5.07. The largest absolute Gasteiger partial charge is 0.324 e. The highest BCUT2D eigenvalue weighted by atomic mass is 79.9. The van der Waals surface area contributed by atoms with Crippen molar-refractivity contribution in [2.45, 2.75) is 12.8 Å². The molecule has 0 bridgehead atoms. The molecule has 0 saturated heterocycles. The number of carbonyl (C=O) groups excluding carboxylic acids is 2. The molecule has 3 aromatic carbocycles. The summed E-state index contributed by atoms with van der Waals surface area (Å²) in [4.78, 5) is 25.3.